The fourth-order valence-corrected chi connectivity index (χ4v) is 8.95. The molecule has 1 aromatic carbocycles. The van der Waals surface area contributed by atoms with Gasteiger partial charge in [0.2, 0.25) is 0 Å². The number of carbonyl (C=O) groups excluding carboxylic acids is 2. The fraction of sp³-hybridized carbons (Fsp3) is 0.586. The second-order valence-electron chi connectivity index (χ2n) is 12.0. The van der Waals surface area contributed by atoms with E-state index < -0.39 is 23.7 Å². The summed E-state index contributed by atoms with van der Waals surface area (Å²) in [4.78, 5) is 32.1. The van der Waals surface area contributed by atoms with E-state index in [-0.39, 0.29) is 46.5 Å². The lowest BCUT2D eigenvalue weighted by Gasteiger charge is -2.59. The molecule has 1 saturated heterocycles. The van der Waals surface area contributed by atoms with Crippen LogP contribution in [0.1, 0.15) is 45.1 Å². The monoisotopic (exact) mass is 495 g/mol. The van der Waals surface area contributed by atoms with E-state index >= 15 is 0 Å². The van der Waals surface area contributed by atoms with Crippen LogP contribution < -0.4 is 0 Å². The number of Topliss-reactive ketones (excluding diaryl/α,β-unsaturated/α-hetero) is 1. The number of allylic oxidation sites excluding steroid dienone is 4. The highest BCUT2D eigenvalue weighted by Gasteiger charge is 2.75. The van der Waals surface area contributed by atoms with Crippen molar-refractivity contribution in [2.45, 2.75) is 57.8 Å². The summed E-state index contributed by atoms with van der Waals surface area (Å²) < 4.78 is 13.4. The molecule has 2 N–H and O–H groups in total. The van der Waals surface area contributed by atoms with Crippen molar-refractivity contribution in [3.05, 3.63) is 59.4 Å². The number of halogens is 1. The van der Waals surface area contributed by atoms with Crippen LogP contribution in [-0.2, 0) is 21.0 Å². The Morgan fingerprint density at radius 1 is 1.25 bits per heavy atom. The zero-order valence-electron chi connectivity index (χ0n) is 20.8. The zero-order valence-corrected chi connectivity index (χ0v) is 20.8. The fourth-order valence-electron chi connectivity index (χ4n) is 8.95. The Morgan fingerprint density at radius 3 is 2.72 bits per heavy atom. The molecular formula is C29H34FNO5. The molecule has 8 unspecified atom stereocenters. The van der Waals surface area contributed by atoms with Crippen LogP contribution in [-0.4, -0.2) is 51.7 Å². The maximum atomic E-state index is 13.5. The molecule has 1 aromatic rings. The number of benzene rings is 1. The van der Waals surface area contributed by atoms with Crippen LogP contribution in [0, 0.1) is 40.3 Å². The summed E-state index contributed by atoms with van der Waals surface area (Å²) in [6.45, 7) is 4.55. The average molecular weight is 496 g/mol. The zero-order chi connectivity index (χ0) is 25.5. The van der Waals surface area contributed by atoms with Crippen molar-refractivity contribution in [3.63, 3.8) is 0 Å². The van der Waals surface area contributed by atoms with Crippen LogP contribution in [0.4, 0.5) is 4.39 Å². The van der Waals surface area contributed by atoms with Crippen LogP contribution in [0.15, 0.2) is 48.1 Å². The summed E-state index contributed by atoms with van der Waals surface area (Å²) in [6.07, 6.45) is 7.54. The van der Waals surface area contributed by atoms with Gasteiger partial charge in [0.1, 0.15) is 12.4 Å². The average Bonchev–Trinajstić information content (AvgIpc) is 3.32. The maximum Gasteiger partial charge on any atom is 0.192 e. The maximum absolute atomic E-state index is 13.5. The molecule has 4 fully saturated rings. The summed E-state index contributed by atoms with van der Waals surface area (Å²) in [5, 5.41) is 23.5. The number of nitrogens with zero attached hydrogens (tertiary/aromatic N) is 1. The highest BCUT2D eigenvalue weighted by molar-refractivity contribution is 6.01. The van der Waals surface area contributed by atoms with Crippen molar-refractivity contribution in [2.75, 3.05) is 13.2 Å². The second kappa shape index (κ2) is 8.15. The van der Waals surface area contributed by atoms with Gasteiger partial charge >= 0.3 is 0 Å². The van der Waals surface area contributed by atoms with Gasteiger partial charge in [-0.25, -0.2) is 4.39 Å². The summed E-state index contributed by atoms with van der Waals surface area (Å²) in [5.74, 6) is -0.417. The summed E-state index contributed by atoms with van der Waals surface area (Å²) >= 11 is 0. The molecule has 0 radical (unpaired) electrons. The number of aliphatic hydroxyl groups excluding tert-OH is 2. The Labute approximate surface area is 210 Å². The Kier molecular flexibility index (Phi) is 5.47. The molecule has 0 spiro atoms. The van der Waals surface area contributed by atoms with E-state index in [0.29, 0.717) is 19.5 Å². The number of aliphatic hydroxyl groups is 2. The number of hydroxylamine groups is 2. The van der Waals surface area contributed by atoms with Gasteiger partial charge in [-0.05, 0) is 67.4 Å². The lowest BCUT2D eigenvalue weighted by molar-refractivity contribution is -0.254. The molecule has 4 aliphatic carbocycles. The van der Waals surface area contributed by atoms with Gasteiger partial charge in [0, 0.05) is 35.8 Å². The van der Waals surface area contributed by atoms with Crippen molar-refractivity contribution in [1.82, 2.24) is 5.06 Å². The van der Waals surface area contributed by atoms with Gasteiger partial charge in [0.15, 0.2) is 17.2 Å². The molecule has 36 heavy (non-hydrogen) atoms. The largest absolute Gasteiger partial charge is 0.393 e. The molecule has 8 atom stereocenters. The standard InChI is InChI=1S/C29H34FNO5/c1-27-10-9-21(33)11-18(27)5-8-22-23-12-19-15-31(14-17-3-6-20(30)7-4-17)36-29(19,25(35)16-32)28(23,2)13-24(34)26(22)27/h3-4,6-7,9-11,19,22-24,26,32,34H,5,8,12-16H2,1-2H3. The molecule has 7 heteroatoms. The van der Waals surface area contributed by atoms with Gasteiger partial charge in [0.25, 0.3) is 0 Å². The normalized spacial score (nSPS) is 43.4. The van der Waals surface area contributed by atoms with Gasteiger partial charge in [-0.15, -0.1) is 0 Å². The molecule has 5 aliphatic rings. The summed E-state index contributed by atoms with van der Waals surface area (Å²) in [5.41, 5.74) is -0.236. The van der Waals surface area contributed by atoms with Crippen molar-refractivity contribution in [2.24, 2.45) is 34.5 Å². The number of hydrogen-bond donors (Lipinski definition) is 2. The quantitative estimate of drug-likeness (QED) is 0.666. The Balaban J connectivity index is 1.34. The number of carbonyl (C=O) groups is 2. The Morgan fingerprint density at radius 2 is 2.00 bits per heavy atom. The van der Waals surface area contributed by atoms with Crippen LogP contribution >= 0.6 is 0 Å². The third-order valence-electron chi connectivity index (χ3n) is 10.4. The van der Waals surface area contributed by atoms with E-state index in [4.69, 9.17) is 4.84 Å². The summed E-state index contributed by atoms with van der Waals surface area (Å²) in [7, 11) is 0. The molecule has 0 aromatic heterocycles. The van der Waals surface area contributed by atoms with E-state index in [0.717, 1.165) is 30.4 Å². The molecule has 0 bridgehead atoms. The van der Waals surface area contributed by atoms with E-state index in [1.165, 1.54) is 12.1 Å². The van der Waals surface area contributed by atoms with Crippen LogP contribution in [0.25, 0.3) is 0 Å². The number of rotatable bonds is 4. The predicted octanol–water partition coefficient (Wildman–Crippen LogP) is 3.38. The number of hydrogen-bond acceptors (Lipinski definition) is 6. The minimum Gasteiger partial charge on any atom is -0.393 e. The molecule has 192 valence electrons. The minimum absolute atomic E-state index is 0.00797. The first-order chi connectivity index (χ1) is 17.1. The first-order valence-corrected chi connectivity index (χ1v) is 13.1. The van der Waals surface area contributed by atoms with Crippen LogP contribution in [0.2, 0.25) is 0 Å². The van der Waals surface area contributed by atoms with Crippen LogP contribution in [0.3, 0.4) is 0 Å². The first kappa shape index (κ1) is 24.2. The lowest BCUT2D eigenvalue weighted by Crippen LogP contribution is -2.63. The molecule has 6 rings (SSSR count). The Bertz CT molecular complexity index is 1160. The third kappa shape index (κ3) is 3.16. The predicted molar refractivity (Wildman–Crippen MR) is 130 cm³/mol. The Hall–Kier alpha value is -2.19. The van der Waals surface area contributed by atoms with Gasteiger partial charge in [-0.2, -0.15) is 5.06 Å². The molecule has 1 heterocycles. The third-order valence-corrected chi connectivity index (χ3v) is 10.4. The number of fused-ring (bicyclic) bond motifs is 7. The van der Waals surface area contributed by atoms with Gasteiger partial charge < -0.3 is 10.2 Å². The van der Waals surface area contributed by atoms with Gasteiger partial charge in [0.05, 0.1) is 6.10 Å². The molecule has 6 nitrogen and oxygen atoms in total. The van der Waals surface area contributed by atoms with Crippen molar-refractivity contribution in [3.8, 4) is 0 Å². The SMILES string of the molecule is CC12C=CC(=O)C=C1CCC1C2C(O)CC2(C)C1CC1CN(Cc3ccc(F)cc3)OC12C(=O)CO. The van der Waals surface area contributed by atoms with E-state index in [9.17, 15) is 24.2 Å². The van der Waals surface area contributed by atoms with Crippen molar-refractivity contribution in [1.29, 1.82) is 0 Å². The van der Waals surface area contributed by atoms with Gasteiger partial charge in [-0.1, -0.05) is 37.6 Å². The first-order valence-electron chi connectivity index (χ1n) is 13.1. The second-order valence-corrected chi connectivity index (χ2v) is 12.0. The lowest BCUT2D eigenvalue weighted by atomic mass is 9.46. The summed E-state index contributed by atoms with van der Waals surface area (Å²) in [6, 6.07) is 6.25. The van der Waals surface area contributed by atoms with E-state index in [1.807, 2.05) is 6.08 Å². The van der Waals surface area contributed by atoms with Crippen molar-refractivity contribution >= 4 is 11.6 Å². The van der Waals surface area contributed by atoms with E-state index in [1.54, 1.807) is 29.3 Å². The highest BCUT2D eigenvalue weighted by atomic mass is 19.1. The van der Waals surface area contributed by atoms with Gasteiger partial charge in [-0.3, -0.25) is 14.4 Å². The molecular weight excluding hydrogens is 461 g/mol. The van der Waals surface area contributed by atoms with Crippen molar-refractivity contribution < 1.29 is 29.0 Å². The molecule has 0 amide bonds. The highest BCUT2D eigenvalue weighted by Crippen LogP contribution is 2.70. The topological polar surface area (TPSA) is 87.1 Å². The smallest absolute Gasteiger partial charge is 0.192 e. The molecule has 1 aliphatic heterocycles. The van der Waals surface area contributed by atoms with Crippen LogP contribution in [0.5, 0.6) is 0 Å². The minimum atomic E-state index is -1.20. The number of ketones is 2. The molecule has 3 saturated carbocycles. The van der Waals surface area contributed by atoms with E-state index in [2.05, 4.69) is 13.8 Å².